The van der Waals surface area contributed by atoms with Crippen molar-refractivity contribution in [2.75, 3.05) is 13.3 Å². The zero-order valence-corrected chi connectivity index (χ0v) is 18.3. The van der Waals surface area contributed by atoms with Crippen molar-refractivity contribution < 1.29 is 27.4 Å². The van der Waals surface area contributed by atoms with Gasteiger partial charge < -0.3 is 18.9 Å². The molecule has 8 heteroatoms. The summed E-state index contributed by atoms with van der Waals surface area (Å²) < 4.78 is 51.8. The highest BCUT2D eigenvalue weighted by Crippen LogP contribution is 2.33. The lowest BCUT2D eigenvalue weighted by Crippen LogP contribution is -2.32. The van der Waals surface area contributed by atoms with Gasteiger partial charge in [0.25, 0.3) is 5.91 Å². The van der Waals surface area contributed by atoms with E-state index in [4.69, 9.17) is 9.47 Å². The number of alkyl halides is 3. The molecule has 0 radical (unpaired) electrons. The largest absolute Gasteiger partial charge is 0.454 e. The van der Waals surface area contributed by atoms with Gasteiger partial charge in [-0.25, -0.2) is 0 Å². The van der Waals surface area contributed by atoms with Crippen molar-refractivity contribution in [2.45, 2.75) is 39.0 Å². The SMILES string of the molecule is CCCCN(Cc1cccn1Cc1cccc(C(F)(F)F)c1)C(=O)c1ccc2c(c1)OCO2. The average Bonchev–Trinajstić information content (AvgIpc) is 3.44. The number of aromatic nitrogens is 1. The van der Waals surface area contributed by atoms with Crippen LogP contribution in [0.4, 0.5) is 13.2 Å². The van der Waals surface area contributed by atoms with Crippen LogP contribution in [0.25, 0.3) is 0 Å². The molecule has 0 atom stereocenters. The van der Waals surface area contributed by atoms with Gasteiger partial charge in [0.2, 0.25) is 6.79 Å². The van der Waals surface area contributed by atoms with E-state index < -0.39 is 11.7 Å². The first-order chi connectivity index (χ1) is 15.8. The molecule has 3 aromatic rings. The summed E-state index contributed by atoms with van der Waals surface area (Å²) in [6.07, 6.45) is -0.803. The van der Waals surface area contributed by atoms with Gasteiger partial charge in [-0.05, 0) is 54.4 Å². The second-order valence-corrected chi connectivity index (χ2v) is 7.97. The minimum atomic E-state index is -4.39. The van der Waals surface area contributed by atoms with Gasteiger partial charge in [0, 0.05) is 30.5 Å². The lowest BCUT2D eigenvalue weighted by Gasteiger charge is -2.24. The zero-order chi connectivity index (χ0) is 23.4. The molecule has 4 rings (SSSR count). The highest BCUT2D eigenvalue weighted by molar-refractivity contribution is 5.95. The number of nitrogens with zero attached hydrogens (tertiary/aromatic N) is 2. The maximum Gasteiger partial charge on any atom is 0.416 e. The topological polar surface area (TPSA) is 43.7 Å². The molecule has 33 heavy (non-hydrogen) atoms. The number of ether oxygens (including phenoxy) is 2. The van der Waals surface area contributed by atoms with Gasteiger partial charge in [-0.2, -0.15) is 13.2 Å². The van der Waals surface area contributed by atoms with Crippen LogP contribution in [0.3, 0.4) is 0 Å². The minimum absolute atomic E-state index is 0.131. The number of halogens is 3. The number of fused-ring (bicyclic) bond motifs is 1. The number of amides is 1. The van der Waals surface area contributed by atoms with Crippen LogP contribution in [0.5, 0.6) is 11.5 Å². The maximum atomic E-state index is 13.3. The van der Waals surface area contributed by atoms with Crippen molar-refractivity contribution in [3.05, 3.63) is 83.2 Å². The van der Waals surface area contributed by atoms with E-state index in [9.17, 15) is 18.0 Å². The van der Waals surface area contributed by atoms with Crippen LogP contribution in [0, 0.1) is 0 Å². The molecule has 2 aromatic carbocycles. The van der Waals surface area contributed by atoms with E-state index in [0.29, 0.717) is 35.7 Å². The molecule has 0 bridgehead atoms. The van der Waals surface area contributed by atoms with Gasteiger partial charge in [0.15, 0.2) is 11.5 Å². The Morgan fingerprint density at radius 3 is 2.67 bits per heavy atom. The summed E-state index contributed by atoms with van der Waals surface area (Å²) in [6.45, 7) is 3.39. The first-order valence-corrected chi connectivity index (χ1v) is 10.8. The number of unbranched alkanes of at least 4 members (excludes halogenated alkanes) is 1. The van der Waals surface area contributed by atoms with Gasteiger partial charge in [-0.3, -0.25) is 4.79 Å². The standard InChI is InChI=1S/C25H25F3N2O3/c1-2-3-11-30(24(31)19-9-10-22-23(14-19)33-17-32-22)16-21-8-5-12-29(21)15-18-6-4-7-20(13-18)25(26,27)28/h4-10,12-14H,2-3,11,15-17H2,1H3. The van der Waals surface area contributed by atoms with Crippen molar-refractivity contribution in [2.24, 2.45) is 0 Å². The number of carbonyl (C=O) groups excluding carboxylic acids is 1. The molecule has 5 nitrogen and oxygen atoms in total. The number of hydrogen-bond donors (Lipinski definition) is 0. The van der Waals surface area contributed by atoms with E-state index in [0.717, 1.165) is 30.7 Å². The lowest BCUT2D eigenvalue weighted by molar-refractivity contribution is -0.137. The first kappa shape index (κ1) is 22.8. The minimum Gasteiger partial charge on any atom is -0.454 e. The van der Waals surface area contributed by atoms with Crippen molar-refractivity contribution >= 4 is 5.91 Å². The normalized spacial score (nSPS) is 12.7. The van der Waals surface area contributed by atoms with E-state index in [1.54, 1.807) is 29.2 Å². The monoisotopic (exact) mass is 458 g/mol. The van der Waals surface area contributed by atoms with Crippen LogP contribution in [0.2, 0.25) is 0 Å². The quantitative estimate of drug-likeness (QED) is 0.433. The van der Waals surface area contributed by atoms with Crippen LogP contribution < -0.4 is 9.47 Å². The number of carbonyl (C=O) groups is 1. The molecule has 174 valence electrons. The Bertz CT molecular complexity index is 1120. The molecule has 1 aliphatic heterocycles. The lowest BCUT2D eigenvalue weighted by atomic mass is 10.1. The fourth-order valence-electron chi connectivity index (χ4n) is 3.80. The Kier molecular flexibility index (Phi) is 6.62. The summed E-state index contributed by atoms with van der Waals surface area (Å²) >= 11 is 0. The Morgan fingerprint density at radius 1 is 1.06 bits per heavy atom. The summed E-state index contributed by atoms with van der Waals surface area (Å²) in [6, 6.07) is 14.2. The van der Waals surface area contributed by atoms with Gasteiger partial charge >= 0.3 is 6.18 Å². The van der Waals surface area contributed by atoms with Crippen LogP contribution in [-0.4, -0.2) is 28.7 Å². The molecule has 0 saturated heterocycles. The summed E-state index contributed by atoms with van der Waals surface area (Å²) in [5.74, 6) is 1.03. The molecular formula is C25H25F3N2O3. The van der Waals surface area contributed by atoms with Crippen LogP contribution in [0.1, 0.15) is 46.9 Å². The number of benzene rings is 2. The molecule has 0 N–H and O–H groups in total. The van der Waals surface area contributed by atoms with Crippen LogP contribution in [0.15, 0.2) is 60.8 Å². The van der Waals surface area contributed by atoms with Gasteiger partial charge in [0.1, 0.15) is 0 Å². The molecule has 1 aliphatic rings. The van der Waals surface area contributed by atoms with Crippen molar-refractivity contribution in [1.29, 1.82) is 0 Å². The highest BCUT2D eigenvalue weighted by atomic mass is 19.4. The Morgan fingerprint density at radius 2 is 1.88 bits per heavy atom. The molecule has 0 aliphatic carbocycles. The van der Waals surface area contributed by atoms with E-state index in [1.807, 2.05) is 22.9 Å². The van der Waals surface area contributed by atoms with Crippen molar-refractivity contribution in [1.82, 2.24) is 9.47 Å². The second kappa shape index (κ2) is 9.60. The third-order valence-electron chi connectivity index (χ3n) is 5.57. The number of rotatable bonds is 8. The second-order valence-electron chi connectivity index (χ2n) is 7.97. The van der Waals surface area contributed by atoms with E-state index >= 15 is 0 Å². The first-order valence-electron chi connectivity index (χ1n) is 10.8. The fraction of sp³-hybridized carbons (Fsp3) is 0.320. The van der Waals surface area contributed by atoms with E-state index in [-0.39, 0.29) is 19.2 Å². The summed E-state index contributed by atoms with van der Waals surface area (Å²) in [5.41, 5.74) is 1.23. The fourth-order valence-corrected chi connectivity index (χ4v) is 3.80. The summed E-state index contributed by atoms with van der Waals surface area (Å²) in [7, 11) is 0. The molecule has 2 heterocycles. The molecular weight excluding hydrogens is 433 g/mol. The zero-order valence-electron chi connectivity index (χ0n) is 18.3. The van der Waals surface area contributed by atoms with Gasteiger partial charge in [-0.1, -0.05) is 25.5 Å². The van der Waals surface area contributed by atoms with Crippen LogP contribution >= 0.6 is 0 Å². The predicted molar refractivity (Wildman–Crippen MR) is 117 cm³/mol. The summed E-state index contributed by atoms with van der Waals surface area (Å²) in [5, 5.41) is 0. The molecule has 0 saturated carbocycles. The third-order valence-corrected chi connectivity index (χ3v) is 5.57. The van der Waals surface area contributed by atoms with Gasteiger partial charge in [-0.15, -0.1) is 0 Å². The molecule has 0 unspecified atom stereocenters. The third kappa shape index (κ3) is 5.32. The number of hydrogen-bond acceptors (Lipinski definition) is 3. The van der Waals surface area contributed by atoms with Crippen LogP contribution in [-0.2, 0) is 19.3 Å². The Balaban J connectivity index is 1.54. The molecule has 0 fully saturated rings. The Hall–Kier alpha value is -3.42. The molecule has 1 amide bonds. The van der Waals surface area contributed by atoms with Crippen molar-refractivity contribution in [3.8, 4) is 11.5 Å². The van der Waals surface area contributed by atoms with E-state index in [1.165, 1.54) is 6.07 Å². The Labute approximate surface area is 190 Å². The maximum absolute atomic E-state index is 13.3. The highest BCUT2D eigenvalue weighted by Gasteiger charge is 2.30. The predicted octanol–water partition coefficient (Wildman–Crippen LogP) is 5.73. The van der Waals surface area contributed by atoms with Crippen molar-refractivity contribution in [3.63, 3.8) is 0 Å². The smallest absolute Gasteiger partial charge is 0.416 e. The molecule has 1 aromatic heterocycles. The average molecular weight is 458 g/mol. The van der Waals surface area contributed by atoms with E-state index in [2.05, 4.69) is 6.92 Å². The van der Waals surface area contributed by atoms with Gasteiger partial charge in [0.05, 0.1) is 12.1 Å². The molecule has 0 spiro atoms. The summed E-state index contributed by atoms with van der Waals surface area (Å²) in [4.78, 5) is 15.1.